The van der Waals surface area contributed by atoms with E-state index in [1.807, 2.05) is 6.07 Å². The summed E-state index contributed by atoms with van der Waals surface area (Å²) in [7, 11) is 0. The van der Waals surface area contributed by atoms with E-state index in [4.69, 9.17) is 4.74 Å². The number of thioether (sulfide) groups is 1. The molecule has 2 N–H and O–H groups in total. The highest BCUT2D eigenvalue weighted by molar-refractivity contribution is 7.99. The Hall–Kier alpha value is -3.17. The summed E-state index contributed by atoms with van der Waals surface area (Å²) in [5.41, 5.74) is 5.66. The van der Waals surface area contributed by atoms with Gasteiger partial charge in [0, 0.05) is 12.2 Å². The average molecular weight is 439 g/mol. The number of para-hydroxylation sites is 1. The second kappa shape index (κ2) is 9.76. The molecular formula is C22H22N4O4S. The first-order chi connectivity index (χ1) is 15.1. The Morgan fingerprint density at radius 1 is 1.10 bits per heavy atom. The van der Waals surface area contributed by atoms with Crippen molar-refractivity contribution in [1.82, 2.24) is 20.4 Å². The number of fused-ring (bicyclic) bond motifs is 1. The van der Waals surface area contributed by atoms with Gasteiger partial charge in [0.15, 0.2) is 5.16 Å². The van der Waals surface area contributed by atoms with Crippen LogP contribution in [0.4, 0.5) is 0 Å². The van der Waals surface area contributed by atoms with Gasteiger partial charge in [0.1, 0.15) is 0 Å². The molecule has 3 aromatic rings. The Morgan fingerprint density at radius 3 is 2.65 bits per heavy atom. The van der Waals surface area contributed by atoms with Gasteiger partial charge in [-0.05, 0) is 37.1 Å². The molecule has 1 fully saturated rings. The minimum absolute atomic E-state index is 0.00856. The zero-order valence-electron chi connectivity index (χ0n) is 16.7. The molecule has 2 amide bonds. The fourth-order valence-corrected chi connectivity index (χ4v) is 4.17. The van der Waals surface area contributed by atoms with E-state index in [1.165, 1.54) is 0 Å². The largest absolute Gasteiger partial charge is 0.376 e. The maximum atomic E-state index is 13.1. The Bertz CT molecular complexity index is 1140. The number of aromatic nitrogens is 2. The first kappa shape index (κ1) is 21.1. The van der Waals surface area contributed by atoms with Crippen molar-refractivity contribution >= 4 is 34.5 Å². The molecule has 2 heterocycles. The molecule has 2 aromatic carbocycles. The second-order valence-corrected chi connectivity index (χ2v) is 8.06. The van der Waals surface area contributed by atoms with Crippen molar-refractivity contribution in [3.63, 3.8) is 0 Å². The SMILES string of the molecule is O=C(CSc1nc2ccccc2c(=O)n1CC1CCCO1)NNC(=O)c1ccccc1. The molecule has 1 aliphatic heterocycles. The molecule has 8 nitrogen and oxygen atoms in total. The number of hydrogen-bond donors (Lipinski definition) is 2. The van der Waals surface area contributed by atoms with Gasteiger partial charge in [0.25, 0.3) is 11.5 Å². The number of hydrogen-bond acceptors (Lipinski definition) is 6. The number of hydrazine groups is 1. The van der Waals surface area contributed by atoms with E-state index in [2.05, 4.69) is 15.8 Å². The summed E-state index contributed by atoms with van der Waals surface area (Å²) in [5, 5.41) is 0.980. The molecule has 0 aliphatic carbocycles. The van der Waals surface area contributed by atoms with Crippen LogP contribution in [0, 0.1) is 0 Å². The van der Waals surface area contributed by atoms with Crippen LogP contribution in [0.3, 0.4) is 0 Å². The van der Waals surface area contributed by atoms with Gasteiger partial charge in [-0.15, -0.1) is 0 Å². The van der Waals surface area contributed by atoms with Gasteiger partial charge in [-0.2, -0.15) is 0 Å². The third-order valence-corrected chi connectivity index (χ3v) is 5.90. The molecule has 9 heteroatoms. The van der Waals surface area contributed by atoms with Crippen molar-refractivity contribution in [1.29, 1.82) is 0 Å². The van der Waals surface area contributed by atoms with Crippen molar-refractivity contribution in [2.75, 3.05) is 12.4 Å². The lowest BCUT2D eigenvalue weighted by molar-refractivity contribution is -0.119. The summed E-state index contributed by atoms with van der Waals surface area (Å²) in [6.07, 6.45) is 1.81. The molecule has 0 radical (unpaired) electrons. The third-order valence-electron chi connectivity index (χ3n) is 4.92. The smallest absolute Gasteiger partial charge is 0.269 e. The number of carbonyl (C=O) groups is 2. The molecule has 1 saturated heterocycles. The molecule has 160 valence electrons. The molecule has 1 unspecified atom stereocenters. The van der Waals surface area contributed by atoms with Crippen LogP contribution in [0.1, 0.15) is 23.2 Å². The second-order valence-electron chi connectivity index (χ2n) is 7.12. The minimum Gasteiger partial charge on any atom is -0.376 e. The zero-order chi connectivity index (χ0) is 21.6. The Kier molecular flexibility index (Phi) is 6.63. The third kappa shape index (κ3) is 5.12. The summed E-state index contributed by atoms with van der Waals surface area (Å²) >= 11 is 1.15. The number of nitrogens with one attached hydrogen (secondary N) is 2. The zero-order valence-corrected chi connectivity index (χ0v) is 17.6. The fourth-order valence-electron chi connectivity index (χ4n) is 3.37. The maximum absolute atomic E-state index is 13.1. The molecule has 31 heavy (non-hydrogen) atoms. The lowest BCUT2D eigenvalue weighted by Gasteiger charge is -2.16. The van der Waals surface area contributed by atoms with Gasteiger partial charge in [-0.3, -0.25) is 29.8 Å². The molecular weight excluding hydrogens is 416 g/mol. The van der Waals surface area contributed by atoms with E-state index in [0.29, 0.717) is 34.8 Å². The molecule has 0 bridgehead atoms. The molecule has 4 rings (SSSR count). The van der Waals surface area contributed by atoms with Crippen LogP contribution in [0.2, 0.25) is 0 Å². The first-order valence-electron chi connectivity index (χ1n) is 10.00. The summed E-state index contributed by atoms with van der Waals surface area (Å²) in [6, 6.07) is 15.7. The molecule has 0 spiro atoms. The number of carbonyl (C=O) groups excluding carboxylic acids is 2. The van der Waals surface area contributed by atoms with Gasteiger partial charge in [-0.1, -0.05) is 42.1 Å². The lowest BCUT2D eigenvalue weighted by atomic mass is 10.2. The average Bonchev–Trinajstić information content (AvgIpc) is 3.32. The van der Waals surface area contributed by atoms with Gasteiger partial charge < -0.3 is 4.74 Å². The number of nitrogens with zero attached hydrogens (tertiary/aromatic N) is 2. The molecule has 0 saturated carbocycles. The summed E-state index contributed by atoms with van der Waals surface area (Å²) in [5.74, 6) is -0.816. The molecule has 1 aromatic heterocycles. The van der Waals surface area contributed by atoms with Crippen LogP contribution in [0.15, 0.2) is 64.5 Å². The van der Waals surface area contributed by atoms with E-state index in [0.717, 1.165) is 24.6 Å². The van der Waals surface area contributed by atoms with Crippen LogP contribution < -0.4 is 16.4 Å². The highest BCUT2D eigenvalue weighted by Crippen LogP contribution is 2.20. The van der Waals surface area contributed by atoms with Crippen molar-refractivity contribution in [2.45, 2.75) is 30.6 Å². The molecule has 1 atom stereocenters. The topological polar surface area (TPSA) is 102 Å². The number of benzene rings is 2. The van der Waals surface area contributed by atoms with E-state index in [-0.39, 0.29) is 17.4 Å². The van der Waals surface area contributed by atoms with Crippen LogP contribution in [-0.4, -0.2) is 39.8 Å². The van der Waals surface area contributed by atoms with Gasteiger partial charge in [0.05, 0.1) is 29.3 Å². The van der Waals surface area contributed by atoms with Crippen LogP contribution in [-0.2, 0) is 16.1 Å². The standard InChI is InChI=1S/C22H22N4O4S/c27-19(24-25-20(28)15-7-2-1-3-8-15)14-31-22-23-18-11-5-4-10-17(18)21(29)26(22)13-16-9-6-12-30-16/h1-5,7-8,10-11,16H,6,9,12-14H2,(H,24,27)(H,25,28). The first-order valence-corrected chi connectivity index (χ1v) is 11.0. The predicted octanol–water partition coefficient (Wildman–Crippen LogP) is 2.13. The van der Waals surface area contributed by atoms with Crippen molar-refractivity contribution in [3.05, 3.63) is 70.5 Å². The van der Waals surface area contributed by atoms with E-state index in [9.17, 15) is 14.4 Å². The molecule has 1 aliphatic rings. The monoisotopic (exact) mass is 438 g/mol. The Balaban J connectivity index is 1.46. The lowest BCUT2D eigenvalue weighted by Crippen LogP contribution is -2.42. The number of rotatable bonds is 6. The van der Waals surface area contributed by atoms with Crippen LogP contribution >= 0.6 is 11.8 Å². The fraction of sp³-hybridized carbons (Fsp3) is 0.273. The van der Waals surface area contributed by atoms with E-state index in [1.54, 1.807) is 53.1 Å². The Labute approximate surface area is 183 Å². The summed E-state index contributed by atoms with van der Waals surface area (Å²) in [6.45, 7) is 1.08. The van der Waals surface area contributed by atoms with Gasteiger partial charge in [0.2, 0.25) is 5.91 Å². The van der Waals surface area contributed by atoms with Crippen molar-refractivity contribution < 1.29 is 14.3 Å². The van der Waals surface area contributed by atoms with Crippen LogP contribution in [0.5, 0.6) is 0 Å². The van der Waals surface area contributed by atoms with E-state index < -0.39 is 11.8 Å². The summed E-state index contributed by atoms with van der Waals surface area (Å²) < 4.78 is 7.27. The predicted molar refractivity (Wildman–Crippen MR) is 118 cm³/mol. The highest BCUT2D eigenvalue weighted by atomic mass is 32.2. The highest BCUT2D eigenvalue weighted by Gasteiger charge is 2.20. The normalized spacial score (nSPS) is 15.7. The Morgan fingerprint density at radius 2 is 1.87 bits per heavy atom. The maximum Gasteiger partial charge on any atom is 0.269 e. The van der Waals surface area contributed by atoms with Gasteiger partial charge in [-0.25, -0.2) is 4.98 Å². The quantitative estimate of drug-likeness (QED) is 0.347. The van der Waals surface area contributed by atoms with Crippen LogP contribution in [0.25, 0.3) is 10.9 Å². The van der Waals surface area contributed by atoms with Crippen molar-refractivity contribution in [2.24, 2.45) is 0 Å². The minimum atomic E-state index is -0.405. The van der Waals surface area contributed by atoms with Gasteiger partial charge >= 0.3 is 0 Å². The van der Waals surface area contributed by atoms with E-state index >= 15 is 0 Å². The number of amides is 2. The summed E-state index contributed by atoms with van der Waals surface area (Å²) in [4.78, 5) is 42.0. The number of ether oxygens (including phenoxy) is 1. The van der Waals surface area contributed by atoms with Crippen molar-refractivity contribution in [3.8, 4) is 0 Å².